The summed E-state index contributed by atoms with van der Waals surface area (Å²) in [6.07, 6.45) is 8.28. The monoisotopic (exact) mass is 432 g/mol. The van der Waals surface area contributed by atoms with Gasteiger partial charge in [-0.3, -0.25) is 9.59 Å². The number of aliphatic hydroxyl groups excluding tert-OH is 1. The van der Waals surface area contributed by atoms with Crippen molar-refractivity contribution >= 4 is 11.8 Å². The number of hydrogen-bond acceptors (Lipinski definition) is 5. The zero-order valence-corrected chi connectivity index (χ0v) is 20.5. The summed E-state index contributed by atoms with van der Waals surface area (Å²) in [4.78, 5) is 24.3. The second-order valence-corrected chi connectivity index (χ2v) is 8.93. The third-order valence-electron chi connectivity index (χ3n) is 5.78. The molecule has 1 unspecified atom stereocenters. The summed E-state index contributed by atoms with van der Waals surface area (Å²) in [5, 5.41) is 10.0. The van der Waals surface area contributed by atoms with Gasteiger partial charge in [-0.15, -0.1) is 0 Å². The molecule has 0 aromatic carbocycles. The lowest BCUT2D eigenvalue weighted by Crippen LogP contribution is -2.41. The lowest BCUT2D eigenvalue weighted by atomic mass is 9.75. The number of carbonyl (C=O) groups excluding carboxylic acids is 2. The summed E-state index contributed by atoms with van der Waals surface area (Å²) < 4.78 is 11.0. The van der Waals surface area contributed by atoms with Crippen molar-refractivity contribution < 1.29 is 24.2 Å². The largest absolute Gasteiger partial charge is 0.497 e. The lowest BCUT2D eigenvalue weighted by Gasteiger charge is -2.36. The highest BCUT2D eigenvalue weighted by Gasteiger charge is 2.42. The summed E-state index contributed by atoms with van der Waals surface area (Å²) >= 11 is 0. The second kappa shape index (κ2) is 12.7. The Morgan fingerprint density at radius 1 is 1.13 bits per heavy atom. The average molecular weight is 433 g/mol. The van der Waals surface area contributed by atoms with E-state index in [0.717, 1.165) is 18.4 Å². The summed E-state index contributed by atoms with van der Waals surface area (Å²) in [5.41, 5.74) is 4.04. The normalized spacial score (nSPS) is 23.5. The third-order valence-corrected chi connectivity index (χ3v) is 5.78. The fourth-order valence-electron chi connectivity index (χ4n) is 4.09. The molecule has 0 amide bonds. The number of Topliss-reactive ketones (excluding diaryl/α,β-unsaturated/α-hetero) is 1. The molecule has 0 saturated heterocycles. The molecule has 1 aliphatic carbocycles. The molecule has 5 heteroatoms. The number of aliphatic hydroxyl groups is 1. The molecular weight excluding hydrogens is 392 g/mol. The first-order valence-electron chi connectivity index (χ1n) is 11.1. The van der Waals surface area contributed by atoms with Gasteiger partial charge in [0.05, 0.1) is 13.2 Å². The van der Waals surface area contributed by atoms with E-state index in [-0.39, 0.29) is 23.6 Å². The maximum atomic E-state index is 12.7. The number of hydrogen-bond donors (Lipinski definition) is 1. The molecule has 0 fully saturated rings. The number of carbonyl (C=O) groups is 2. The van der Waals surface area contributed by atoms with Crippen LogP contribution in [0.1, 0.15) is 74.1 Å². The molecular formula is C26H40O5. The Labute approximate surface area is 187 Å². The predicted octanol–water partition coefficient (Wildman–Crippen LogP) is 5.45. The van der Waals surface area contributed by atoms with Crippen LogP contribution in [0.3, 0.4) is 0 Å². The Morgan fingerprint density at radius 2 is 1.77 bits per heavy atom. The first-order valence-corrected chi connectivity index (χ1v) is 11.1. The molecule has 0 radical (unpaired) electrons. The number of esters is 1. The van der Waals surface area contributed by atoms with E-state index in [2.05, 4.69) is 19.1 Å². The first kappa shape index (κ1) is 26.9. The molecule has 31 heavy (non-hydrogen) atoms. The van der Waals surface area contributed by atoms with Crippen LogP contribution in [0.2, 0.25) is 0 Å². The van der Waals surface area contributed by atoms with Crippen molar-refractivity contribution in [3.05, 3.63) is 46.3 Å². The Kier molecular flexibility index (Phi) is 11.0. The van der Waals surface area contributed by atoms with Gasteiger partial charge in [-0.1, -0.05) is 41.9 Å². The van der Waals surface area contributed by atoms with Crippen LogP contribution in [-0.4, -0.2) is 36.2 Å². The van der Waals surface area contributed by atoms with Crippen LogP contribution >= 0.6 is 0 Å². The van der Waals surface area contributed by atoms with Crippen LogP contribution in [-0.2, 0) is 19.1 Å². The van der Waals surface area contributed by atoms with Gasteiger partial charge >= 0.3 is 5.97 Å². The van der Waals surface area contributed by atoms with Crippen molar-refractivity contribution in [1.82, 2.24) is 0 Å². The van der Waals surface area contributed by atoms with Crippen LogP contribution < -0.4 is 0 Å². The van der Waals surface area contributed by atoms with E-state index in [0.29, 0.717) is 24.2 Å². The minimum absolute atomic E-state index is 0.0461. The quantitative estimate of drug-likeness (QED) is 0.367. The van der Waals surface area contributed by atoms with Crippen molar-refractivity contribution in [2.24, 2.45) is 11.8 Å². The predicted molar refractivity (Wildman–Crippen MR) is 124 cm³/mol. The van der Waals surface area contributed by atoms with E-state index in [4.69, 9.17) is 9.47 Å². The van der Waals surface area contributed by atoms with Gasteiger partial charge in [-0.25, -0.2) is 0 Å². The molecule has 1 N–H and O–H groups in total. The lowest BCUT2D eigenvalue weighted by molar-refractivity contribution is -0.152. The minimum atomic E-state index is -0.544. The number of methoxy groups -OCH3 is 1. The highest BCUT2D eigenvalue weighted by atomic mass is 16.6. The van der Waals surface area contributed by atoms with Crippen molar-refractivity contribution in [2.45, 2.75) is 86.4 Å². The molecule has 4 atom stereocenters. The topological polar surface area (TPSA) is 72.8 Å². The summed E-state index contributed by atoms with van der Waals surface area (Å²) in [5.74, 6) is -0.268. The SMILES string of the molecule is COC1=C(C)C(=O)[C@H](C)[C@@H](C/C=C(\C)CC/C=C(\C)CC(O)C=C(C)C)[C@H]1OC(C)=O. The van der Waals surface area contributed by atoms with E-state index in [1.807, 2.05) is 33.8 Å². The number of ketones is 1. The Bertz CT molecular complexity index is 765. The number of ether oxygens (including phenoxy) is 2. The second-order valence-electron chi connectivity index (χ2n) is 8.93. The maximum absolute atomic E-state index is 12.7. The van der Waals surface area contributed by atoms with Crippen LogP contribution in [0.5, 0.6) is 0 Å². The number of rotatable bonds is 10. The Morgan fingerprint density at radius 3 is 2.32 bits per heavy atom. The maximum Gasteiger partial charge on any atom is 0.303 e. The van der Waals surface area contributed by atoms with Crippen molar-refractivity contribution in [1.29, 1.82) is 0 Å². The van der Waals surface area contributed by atoms with E-state index in [9.17, 15) is 14.7 Å². The molecule has 0 bridgehead atoms. The van der Waals surface area contributed by atoms with Gasteiger partial charge in [0.2, 0.25) is 0 Å². The highest BCUT2D eigenvalue weighted by molar-refractivity contribution is 5.98. The molecule has 0 saturated carbocycles. The first-order chi connectivity index (χ1) is 14.5. The summed E-state index contributed by atoms with van der Waals surface area (Å²) in [7, 11) is 1.51. The average Bonchev–Trinajstić information content (AvgIpc) is 2.65. The van der Waals surface area contributed by atoms with Gasteiger partial charge in [-0.2, -0.15) is 0 Å². The zero-order valence-electron chi connectivity index (χ0n) is 20.5. The molecule has 0 spiro atoms. The molecule has 5 nitrogen and oxygen atoms in total. The van der Waals surface area contributed by atoms with Gasteiger partial charge < -0.3 is 14.6 Å². The van der Waals surface area contributed by atoms with E-state index < -0.39 is 12.2 Å². The zero-order chi connectivity index (χ0) is 23.7. The fourth-order valence-corrected chi connectivity index (χ4v) is 4.09. The summed E-state index contributed by atoms with van der Waals surface area (Å²) in [6.45, 7) is 13.1. The summed E-state index contributed by atoms with van der Waals surface area (Å²) in [6, 6.07) is 0. The molecule has 1 rings (SSSR count). The molecule has 0 aliphatic heterocycles. The molecule has 0 heterocycles. The van der Waals surface area contributed by atoms with Crippen molar-refractivity contribution in [2.75, 3.05) is 7.11 Å². The van der Waals surface area contributed by atoms with Crippen LogP contribution in [0.15, 0.2) is 46.3 Å². The minimum Gasteiger partial charge on any atom is -0.497 e. The third kappa shape index (κ3) is 8.48. The standard InChI is InChI=1S/C26H40O5/c1-16(2)14-22(28)15-18(4)11-9-10-17(3)12-13-23-19(5)24(29)20(6)25(30-8)26(23)31-21(7)27/h11-12,14,19,22-23,26,28H,9-10,13,15H2,1-8H3/b17-12+,18-11+/t19-,22?,23-,26-/m1/s1. The van der Waals surface area contributed by atoms with Gasteiger partial charge in [0.1, 0.15) is 5.76 Å². The van der Waals surface area contributed by atoms with Gasteiger partial charge in [0.15, 0.2) is 11.9 Å². The fraction of sp³-hybridized carbons (Fsp3) is 0.615. The molecule has 0 aromatic heterocycles. The Hall–Kier alpha value is -2.14. The van der Waals surface area contributed by atoms with Gasteiger partial charge in [-0.05, 0) is 60.3 Å². The molecule has 1 aliphatic rings. The van der Waals surface area contributed by atoms with E-state index in [1.165, 1.54) is 25.2 Å². The van der Waals surface area contributed by atoms with Crippen molar-refractivity contribution in [3.8, 4) is 0 Å². The number of allylic oxidation sites excluding steroid dienone is 5. The van der Waals surface area contributed by atoms with E-state index >= 15 is 0 Å². The van der Waals surface area contributed by atoms with Gasteiger partial charge in [0.25, 0.3) is 0 Å². The van der Waals surface area contributed by atoms with Crippen LogP contribution in [0.4, 0.5) is 0 Å². The van der Waals surface area contributed by atoms with E-state index in [1.54, 1.807) is 6.92 Å². The molecule has 174 valence electrons. The van der Waals surface area contributed by atoms with Crippen LogP contribution in [0, 0.1) is 11.8 Å². The smallest absolute Gasteiger partial charge is 0.303 e. The Balaban J connectivity index is 2.80. The van der Waals surface area contributed by atoms with Gasteiger partial charge in [0, 0.05) is 24.3 Å². The van der Waals surface area contributed by atoms with Crippen molar-refractivity contribution in [3.63, 3.8) is 0 Å². The molecule has 0 aromatic rings. The van der Waals surface area contributed by atoms with Crippen LogP contribution in [0.25, 0.3) is 0 Å². The highest BCUT2D eigenvalue weighted by Crippen LogP contribution is 2.37.